The lowest BCUT2D eigenvalue weighted by atomic mass is 10.00. The molecule has 180 valence electrons. The molecule has 3 aromatic carbocycles. The zero-order valence-electron chi connectivity index (χ0n) is 19.9. The van der Waals surface area contributed by atoms with Crippen LogP contribution >= 0.6 is 11.6 Å². The fourth-order valence-electron chi connectivity index (χ4n) is 3.96. The molecule has 0 aliphatic carbocycles. The van der Waals surface area contributed by atoms with Crippen molar-refractivity contribution in [3.05, 3.63) is 82.9 Å². The van der Waals surface area contributed by atoms with Gasteiger partial charge in [-0.05, 0) is 68.2 Å². The van der Waals surface area contributed by atoms with Gasteiger partial charge in [0.2, 0.25) is 5.91 Å². The minimum atomic E-state index is -0.218. The number of amides is 2. The second-order valence-electron chi connectivity index (χ2n) is 8.66. The van der Waals surface area contributed by atoms with Crippen molar-refractivity contribution in [2.24, 2.45) is 0 Å². The third-order valence-corrected chi connectivity index (χ3v) is 6.01. The average molecular weight is 490 g/mol. The van der Waals surface area contributed by atoms with Crippen molar-refractivity contribution in [2.45, 2.75) is 6.92 Å². The van der Waals surface area contributed by atoms with Crippen LogP contribution in [0.2, 0.25) is 5.02 Å². The van der Waals surface area contributed by atoms with Crippen molar-refractivity contribution in [3.63, 3.8) is 0 Å². The third kappa shape index (κ3) is 5.48. The fraction of sp³-hybridized carbons (Fsp3) is 0.185. The van der Waals surface area contributed by atoms with Gasteiger partial charge in [-0.3, -0.25) is 9.59 Å². The van der Waals surface area contributed by atoms with Crippen LogP contribution in [-0.4, -0.2) is 43.9 Å². The summed E-state index contributed by atoms with van der Waals surface area (Å²) in [5.74, 6) is -0.236. The second kappa shape index (κ2) is 10.2. The average Bonchev–Trinajstić information content (AvgIpc) is 3.13. The van der Waals surface area contributed by atoms with E-state index in [1.807, 2.05) is 61.5 Å². The summed E-state index contributed by atoms with van der Waals surface area (Å²) in [7, 11) is 3.95. The molecule has 0 aromatic heterocycles. The van der Waals surface area contributed by atoms with Crippen molar-refractivity contribution in [2.75, 3.05) is 48.5 Å². The molecule has 0 saturated heterocycles. The Morgan fingerprint density at radius 1 is 1.00 bits per heavy atom. The minimum Gasteiger partial charge on any atom is -0.399 e. The molecule has 35 heavy (non-hydrogen) atoms. The van der Waals surface area contributed by atoms with Gasteiger partial charge < -0.3 is 26.2 Å². The number of hydrogen-bond acceptors (Lipinski definition) is 5. The lowest BCUT2D eigenvalue weighted by molar-refractivity contribution is -0.116. The molecule has 1 aliphatic heterocycles. The number of nitrogen functional groups attached to an aromatic ring is 1. The van der Waals surface area contributed by atoms with Gasteiger partial charge in [-0.1, -0.05) is 29.8 Å². The van der Waals surface area contributed by atoms with E-state index in [1.54, 1.807) is 36.1 Å². The number of nitrogens with two attached hydrogens (primary N) is 1. The van der Waals surface area contributed by atoms with Gasteiger partial charge in [0.25, 0.3) is 5.91 Å². The number of fused-ring (bicyclic) bond motifs is 1. The molecule has 0 radical (unpaired) electrons. The van der Waals surface area contributed by atoms with Gasteiger partial charge in [-0.15, -0.1) is 0 Å². The van der Waals surface area contributed by atoms with E-state index in [0.717, 1.165) is 29.0 Å². The summed E-state index contributed by atoms with van der Waals surface area (Å²) in [4.78, 5) is 29.0. The van der Waals surface area contributed by atoms with E-state index in [-0.39, 0.29) is 11.8 Å². The molecule has 4 N–H and O–H groups in total. The number of likely N-dealkylation sites (N-methyl/N-ethyl adjacent to an activating group) is 1. The number of nitrogens with zero attached hydrogens (tertiary/aromatic N) is 2. The normalized spacial score (nSPS) is 13.9. The van der Waals surface area contributed by atoms with E-state index in [9.17, 15) is 9.59 Å². The first kappa shape index (κ1) is 24.3. The summed E-state index contributed by atoms with van der Waals surface area (Å²) in [5, 5.41) is 6.87. The first-order valence-electron chi connectivity index (χ1n) is 11.2. The van der Waals surface area contributed by atoms with Crippen LogP contribution in [0.25, 0.3) is 11.3 Å². The highest BCUT2D eigenvalue weighted by Gasteiger charge is 2.28. The molecule has 0 bridgehead atoms. The summed E-state index contributed by atoms with van der Waals surface area (Å²) in [6, 6.07) is 20.3. The van der Waals surface area contributed by atoms with Crippen LogP contribution < -0.4 is 21.3 Å². The lowest BCUT2D eigenvalue weighted by Gasteiger charge is -2.23. The highest BCUT2D eigenvalue weighted by atomic mass is 35.5. The van der Waals surface area contributed by atoms with Crippen molar-refractivity contribution in [1.82, 2.24) is 4.90 Å². The molecule has 0 fully saturated rings. The minimum absolute atomic E-state index is 0.0184. The molecule has 1 heterocycles. The molecule has 0 saturated carbocycles. The summed E-state index contributed by atoms with van der Waals surface area (Å²) in [6.45, 7) is 2.91. The second-order valence-corrected chi connectivity index (χ2v) is 9.10. The fourth-order valence-corrected chi connectivity index (χ4v) is 4.13. The Kier molecular flexibility index (Phi) is 7.10. The Labute approximate surface area is 210 Å². The molecule has 3 aromatic rings. The molecular formula is C27H28ClN5O2. The number of rotatable bonds is 7. The SMILES string of the molecule is CC(=O)N(CCN(C)C)c1ccc(N/C(=C2\C(=O)Nc3cc(Cl)ccc32)c2ccc(N)cc2)cc1. The smallest absolute Gasteiger partial charge is 0.258 e. The molecule has 7 nitrogen and oxygen atoms in total. The molecule has 1 aliphatic rings. The van der Waals surface area contributed by atoms with Gasteiger partial charge in [0.15, 0.2) is 0 Å². The van der Waals surface area contributed by atoms with Crippen molar-refractivity contribution < 1.29 is 9.59 Å². The highest BCUT2D eigenvalue weighted by molar-refractivity contribution is 6.38. The number of nitrogens with one attached hydrogen (secondary N) is 2. The van der Waals surface area contributed by atoms with E-state index in [4.69, 9.17) is 17.3 Å². The number of carbonyl (C=O) groups excluding carboxylic acids is 2. The quantitative estimate of drug-likeness (QED) is 0.328. The molecule has 0 atom stereocenters. The Hall–Kier alpha value is -3.81. The Bertz CT molecular complexity index is 1280. The largest absolute Gasteiger partial charge is 0.399 e. The molecule has 2 amide bonds. The van der Waals surface area contributed by atoms with Crippen LogP contribution in [0.4, 0.5) is 22.7 Å². The van der Waals surface area contributed by atoms with Gasteiger partial charge in [0, 0.05) is 47.7 Å². The van der Waals surface area contributed by atoms with Crippen LogP contribution in [0.5, 0.6) is 0 Å². The zero-order valence-corrected chi connectivity index (χ0v) is 20.7. The number of benzene rings is 3. The van der Waals surface area contributed by atoms with E-state index >= 15 is 0 Å². The number of hydrogen-bond donors (Lipinski definition) is 3. The maximum absolute atomic E-state index is 13.0. The predicted molar refractivity (Wildman–Crippen MR) is 144 cm³/mol. The number of anilines is 4. The first-order valence-corrected chi connectivity index (χ1v) is 11.6. The van der Waals surface area contributed by atoms with Gasteiger partial charge >= 0.3 is 0 Å². The van der Waals surface area contributed by atoms with E-state index in [1.165, 1.54) is 0 Å². The first-order chi connectivity index (χ1) is 16.7. The van der Waals surface area contributed by atoms with Crippen LogP contribution in [-0.2, 0) is 9.59 Å². The number of halogens is 1. The van der Waals surface area contributed by atoms with Gasteiger partial charge in [0.05, 0.1) is 17.0 Å². The lowest BCUT2D eigenvalue weighted by Crippen LogP contribution is -2.35. The topological polar surface area (TPSA) is 90.7 Å². The zero-order chi connectivity index (χ0) is 25.1. The molecular weight excluding hydrogens is 462 g/mol. The number of carbonyl (C=O) groups is 2. The van der Waals surface area contributed by atoms with Crippen LogP contribution in [0.15, 0.2) is 66.7 Å². The summed E-state index contributed by atoms with van der Waals surface area (Å²) < 4.78 is 0. The predicted octanol–water partition coefficient (Wildman–Crippen LogP) is 4.77. The summed E-state index contributed by atoms with van der Waals surface area (Å²) in [5.41, 5.74) is 11.5. The van der Waals surface area contributed by atoms with Crippen LogP contribution in [0.3, 0.4) is 0 Å². The highest BCUT2D eigenvalue weighted by Crippen LogP contribution is 2.39. The van der Waals surface area contributed by atoms with Crippen molar-refractivity contribution in [3.8, 4) is 0 Å². The Morgan fingerprint density at radius 2 is 1.69 bits per heavy atom. The summed E-state index contributed by atoms with van der Waals surface area (Å²) >= 11 is 6.14. The van der Waals surface area contributed by atoms with E-state index < -0.39 is 0 Å². The van der Waals surface area contributed by atoms with Crippen LogP contribution in [0, 0.1) is 0 Å². The standard InChI is InChI=1S/C27H28ClN5O2/c1-17(34)33(15-14-32(2)3)22-11-9-21(10-12-22)30-26(18-4-7-20(29)8-5-18)25-23-13-6-19(28)16-24(23)31-27(25)35/h4-13,16,30H,14-15,29H2,1-3H3,(H,31,35)/b26-25-. The summed E-state index contributed by atoms with van der Waals surface area (Å²) in [6.07, 6.45) is 0. The van der Waals surface area contributed by atoms with Gasteiger partial charge in [0.1, 0.15) is 0 Å². The maximum Gasteiger partial charge on any atom is 0.258 e. The Morgan fingerprint density at radius 3 is 2.31 bits per heavy atom. The maximum atomic E-state index is 13.0. The molecule has 0 unspecified atom stereocenters. The third-order valence-electron chi connectivity index (χ3n) is 5.77. The van der Waals surface area contributed by atoms with Crippen molar-refractivity contribution in [1.29, 1.82) is 0 Å². The van der Waals surface area contributed by atoms with Gasteiger partial charge in [-0.25, -0.2) is 0 Å². The molecule has 8 heteroatoms. The molecule has 4 rings (SSSR count). The van der Waals surface area contributed by atoms with E-state index in [2.05, 4.69) is 10.6 Å². The van der Waals surface area contributed by atoms with Crippen molar-refractivity contribution >= 4 is 57.4 Å². The van der Waals surface area contributed by atoms with Crippen LogP contribution in [0.1, 0.15) is 18.1 Å². The molecule has 0 spiro atoms. The van der Waals surface area contributed by atoms with Gasteiger partial charge in [-0.2, -0.15) is 0 Å². The van der Waals surface area contributed by atoms with E-state index in [0.29, 0.717) is 34.2 Å². The monoisotopic (exact) mass is 489 g/mol. The Balaban J connectivity index is 1.72.